The molecule has 0 saturated heterocycles. The fraction of sp³-hybridized carbons (Fsp3) is 1.00. The lowest BCUT2D eigenvalue weighted by molar-refractivity contribution is 0.328. The first kappa shape index (κ1) is 9.59. The summed E-state index contributed by atoms with van der Waals surface area (Å²) < 4.78 is -0.442. The van der Waals surface area contributed by atoms with E-state index in [9.17, 15) is 0 Å². The van der Waals surface area contributed by atoms with Crippen LogP contribution >= 0.6 is 23.2 Å². The molecule has 0 spiro atoms. The van der Waals surface area contributed by atoms with Gasteiger partial charge in [-0.15, -0.1) is 23.2 Å². The summed E-state index contributed by atoms with van der Waals surface area (Å²) >= 11 is 11.7. The Morgan fingerprint density at radius 1 is 1.64 bits per heavy atom. The van der Waals surface area contributed by atoms with Gasteiger partial charge in [0.25, 0.3) is 0 Å². The molecule has 1 aliphatic carbocycles. The Balaban J connectivity index is 2.13. The zero-order chi connectivity index (χ0) is 8.48. The van der Waals surface area contributed by atoms with Gasteiger partial charge in [-0.25, -0.2) is 0 Å². The maximum absolute atomic E-state index is 5.86. The van der Waals surface area contributed by atoms with Gasteiger partial charge >= 0.3 is 0 Å². The lowest BCUT2D eigenvalue weighted by Crippen LogP contribution is -2.28. The molecule has 0 amide bonds. The van der Waals surface area contributed by atoms with Crippen molar-refractivity contribution < 1.29 is 0 Å². The van der Waals surface area contributed by atoms with Crippen LogP contribution in [0.4, 0.5) is 0 Å². The SMILES string of the molecule is CN(CCN)CC1CC1(Cl)Cl. The van der Waals surface area contributed by atoms with E-state index in [1.807, 2.05) is 7.05 Å². The van der Waals surface area contributed by atoms with E-state index < -0.39 is 4.33 Å². The first-order chi connectivity index (χ1) is 5.06. The molecule has 1 rings (SSSR count). The van der Waals surface area contributed by atoms with E-state index in [4.69, 9.17) is 28.9 Å². The lowest BCUT2D eigenvalue weighted by Gasteiger charge is -2.14. The van der Waals surface area contributed by atoms with Crippen LogP contribution < -0.4 is 5.73 Å². The highest BCUT2D eigenvalue weighted by molar-refractivity contribution is 6.50. The highest BCUT2D eigenvalue weighted by Gasteiger charge is 2.51. The fourth-order valence-corrected chi connectivity index (χ4v) is 1.67. The average Bonchev–Trinajstić information content (AvgIpc) is 2.39. The molecule has 1 fully saturated rings. The van der Waals surface area contributed by atoms with Gasteiger partial charge in [0.15, 0.2) is 0 Å². The van der Waals surface area contributed by atoms with E-state index in [0.29, 0.717) is 12.5 Å². The summed E-state index contributed by atoms with van der Waals surface area (Å²) in [5.74, 6) is 0.447. The van der Waals surface area contributed by atoms with Crippen molar-refractivity contribution >= 4 is 23.2 Å². The Kier molecular flexibility index (Phi) is 3.03. The van der Waals surface area contributed by atoms with E-state index in [1.165, 1.54) is 0 Å². The third kappa shape index (κ3) is 2.79. The summed E-state index contributed by atoms with van der Waals surface area (Å²) in [7, 11) is 2.04. The highest BCUT2D eigenvalue weighted by atomic mass is 35.5. The third-order valence-electron chi connectivity index (χ3n) is 2.00. The van der Waals surface area contributed by atoms with E-state index in [0.717, 1.165) is 19.5 Å². The van der Waals surface area contributed by atoms with Crippen molar-refractivity contribution in [2.75, 3.05) is 26.7 Å². The molecule has 66 valence electrons. The molecule has 1 unspecified atom stereocenters. The Morgan fingerprint density at radius 2 is 2.18 bits per heavy atom. The van der Waals surface area contributed by atoms with Crippen LogP contribution in [0, 0.1) is 5.92 Å². The van der Waals surface area contributed by atoms with Crippen molar-refractivity contribution in [3.63, 3.8) is 0 Å². The first-order valence-corrected chi connectivity index (χ1v) is 4.58. The molecule has 1 saturated carbocycles. The molecule has 0 bridgehead atoms. The number of hydrogen-bond donors (Lipinski definition) is 1. The number of rotatable bonds is 4. The molecule has 1 aliphatic rings. The van der Waals surface area contributed by atoms with Gasteiger partial charge in [0, 0.05) is 25.6 Å². The summed E-state index contributed by atoms with van der Waals surface area (Å²) in [5.41, 5.74) is 5.39. The smallest absolute Gasteiger partial charge is 0.122 e. The van der Waals surface area contributed by atoms with Crippen molar-refractivity contribution in [2.24, 2.45) is 11.7 Å². The van der Waals surface area contributed by atoms with Gasteiger partial charge in [0.2, 0.25) is 0 Å². The van der Waals surface area contributed by atoms with Crippen LogP contribution in [-0.4, -0.2) is 35.9 Å². The summed E-state index contributed by atoms with van der Waals surface area (Å²) in [5, 5.41) is 0. The summed E-state index contributed by atoms with van der Waals surface area (Å²) in [6, 6.07) is 0. The van der Waals surface area contributed by atoms with Crippen molar-refractivity contribution in [2.45, 2.75) is 10.8 Å². The predicted molar refractivity (Wildman–Crippen MR) is 49.1 cm³/mol. The minimum Gasteiger partial charge on any atom is -0.329 e. The van der Waals surface area contributed by atoms with Gasteiger partial charge in [-0.05, 0) is 13.5 Å². The van der Waals surface area contributed by atoms with Crippen LogP contribution in [0.25, 0.3) is 0 Å². The first-order valence-electron chi connectivity index (χ1n) is 3.82. The normalized spacial score (nSPS) is 27.5. The summed E-state index contributed by atoms with van der Waals surface area (Å²) in [4.78, 5) is 2.16. The highest BCUT2D eigenvalue weighted by Crippen LogP contribution is 2.53. The van der Waals surface area contributed by atoms with E-state index in [-0.39, 0.29) is 0 Å². The standard InChI is InChI=1S/C7H14Cl2N2/c1-11(3-2-10)5-6-4-7(6,8)9/h6H,2-5,10H2,1H3. The predicted octanol–water partition coefficient (Wildman–Crippen LogP) is 1.07. The summed E-state index contributed by atoms with van der Waals surface area (Å²) in [6.07, 6.45) is 0.922. The molecular weight excluding hydrogens is 183 g/mol. The monoisotopic (exact) mass is 196 g/mol. The molecule has 2 nitrogen and oxygen atoms in total. The quantitative estimate of drug-likeness (QED) is 0.683. The molecule has 0 radical (unpaired) electrons. The zero-order valence-corrected chi connectivity index (χ0v) is 8.20. The molecular formula is C7H14Cl2N2. The van der Waals surface area contributed by atoms with Crippen molar-refractivity contribution in [3.05, 3.63) is 0 Å². The zero-order valence-electron chi connectivity index (χ0n) is 6.69. The fourth-order valence-electron chi connectivity index (χ4n) is 1.16. The van der Waals surface area contributed by atoms with Crippen LogP contribution in [0.2, 0.25) is 0 Å². The second-order valence-electron chi connectivity index (χ2n) is 3.21. The lowest BCUT2D eigenvalue weighted by atomic mass is 10.4. The van der Waals surface area contributed by atoms with E-state index in [1.54, 1.807) is 0 Å². The topological polar surface area (TPSA) is 29.3 Å². The molecule has 0 heterocycles. The molecule has 0 aliphatic heterocycles. The van der Waals surface area contributed by atoms with Gasteiger partial charge in [-0.1, -0.05) is 0 Å². The average molecular weight is 197 g/mol. The molecule has 1 atom stereocenters. The van der Waals surface area contributed by atoms with Crippen molar-refractivity contribution in [1.82, 2.24) is 4.90 Å². The number of halogens is 2. The van der Waals surface area contributed by atoms with Gasteiger partial charge in [-0.2, -0.15) is 0 Å². The van der Waals surface area contributed by atoms with Crippen LogP contribution in [-0.2, 0) is 0 Å². The van der Waals surface area contributed by atoms with Crippen molar-refractivity contribution in [1.29, 1.82) is 0 Å². The van der Waals surface area contributed by atoms with Crippen LogP contribution in [0.15, 0.2) is 0 Å². The Labute approximate surface area is 77.6 Å². The van der Waals surface area contributed by atoms with E-state index >= 15 is 0 Å². The largest absolute Gasteiger partial charge is 0.329 e. The molecule has 0 aromatic carbocycles. The van der Waals surface area contributed by atoms with E-state index in [2.05, 4.69) is 4.90 Å². The summed E-state index contributed by atoms with van der Waals surface area (Å²) in [6.45, 7) is 2.57. The number of alkyl halides is 2. The minimum absolute atomic E-state index is 0.442. The molecule has 0 aromatic rings. The minimum atomic E-state index is -0.442. The molecule has 2 N–H and O–H groups in total. The maximum Gasteiger partial charge on any atom is 0.122 e. The Hall–Kier alpha value is 0.500. The Bertz CT molecular complexity index is 138. The molecule has 0 aromatic heterocycles. The number of nitrogens with zero attached hydrogens (tertiary/aromatic N) is 1. The third-order valence-corrected chi connectivity index (χ3v) is 2.92. The second-order valence-corrected chi connectivity index (χ2v) is 4.76. The van der Waals surface area contributed by atoms with Gasteiger partial charge in [0.05, 0.1) is 0 Å². The van der Waals surface area contributed by atoms with Crippen LogP contribution in [0.5, 0.6) is 0 Å². The van der Waals surface area contributed by atoms with Crippen LogP contribution in [0.3, 0.4) is 0 Å². The van der Waals surface area contributed by atoms with Crippen molar-refractivity contribution in [3.8, 4) is 0 Å². The maximum atomic E-state index is 5.86. The van der Waals surface area contributed by atoms with Gasteiger partial charge in [-0.3, -0.25) is 0 Å². The van der Waals surface area contributed by atoms with Gasteiger partial charge in [0.1, 0.15) is 4.33 Å². The van der Waals surface area contributed by atoms with Gasteiger partial charge < -0.3 is 10.6 Å². The number of likely N-dealkylation sites (N-methyl/N-ethyl adjacent to an activating group) is 1. The number of hydrogen-bond acceptors (Lipinski definition) is 2. The second kappa shape index (κ2) is 3.48. The molecule has 11 heavy (non-hydrogen) atoms. The van der Waals surface area contributed by atoms with Crippen LogP contribution in [0.1, 0.15) is 6.42 Å². The molecule has 4 heteroatoms. The number of nitrogens with two attached hydrogens (primary N) is 1. The Morgan fingerprint density at radius 3 is 2.55 bits per heavy atom.